The minimum Gasteiger partial charge on any atom is -0.336 e. The first-order chi connectivity index (χ1) is 14.1. The minimum absolute atomic E-state index is 0.00476. The first-order valence-electron chi connectivity index (χ1n) is 9.68. The van der Waals surface area contributed by atoms with Gasteiger partial charge in [-0.05, 0) is 25.2 Å². The lowest BCUT2D eigenvalue weighted by molar-refractivity contribution is 0.0664. The second kappa shape index (κ2) is 6.86. The molecule has 0 atom stereocenters. The lowest BCUT2D eigenvalue weighted by Crippen LogP contribution is -2.47. The summed E-state index contributed by atoms with van der Waals surface area (Å²) in [6.45, 7) is 3.16. The Kier molecular flexibility index (Phi) is 4.17. The lowest BCUT2D eigenvalue weighted by atomic mass is 10.1. The van der Waals surface area contributed by atoms with E-state index in [2.05, 4.69) is 21.9 Å². The Balaban J connectivity index is 1.63. The van der Waals surface area contributed by atoms with Gasteiger partial charge in [0.25, 0.3) is 11.5 Å². The van der Waals surface area contributed by atoms with Crippen LogP contribution in [0, 0.1) is 0 Å². The predicted octanol–water partition coefficient (Wildman–Crippen LogP) is 2.23. The Morgan fingerprint density at radius 3 is 2.52 bits per heavy atom. The number of fused-ring (bicyclic) bond motifs is 3. The van der Waals surface area contributed by atoms with Crippen molar-refractivity contribution in [2.75, 3.05) is 33.2 Å². The van der Waals surface area contributed by atoms with E-state index in [0.717, 1.165) is 24.2 Å². The van der Waals surface area contributed by atoms with Crippen molar-refractivity contribution in [1.82, 2.24) is 24.2 Å². The molecule has 7 heteroatoms. The van der Waals surface area contributed by atoms with Crippen LogP contribution in [-0.2, 0) is 0 Å². The van der Waals surface area contributed by atoms with Crippen molar-refractivity contribution < 1.29 is 4.79 Å². The number of nitrogens with zero attached hydrogens (tertiary/aromatic N) is 4. The highest BCUT2D eigenvalue weighted by Crippen LogP contribution is 2.23. The van der Waals surface area contributed by atoms with Crippen LogP contribution in [0.4, 0.5) is 0 Å². The Morgan fingerprint density at radius 2 is 1.76 bits per heavy atom. The smallest absolute Gasteiger partial charge is 0.274 e. The van der Waals surface area contributed by atoms with Crippen LogP contribution in [0.2, 0.25) is 0 Å². The van der Waals surface area contributed by atoms with Crippen molar-refractivity contribution in [1.29, 1.82) is 0 Å². The van der Waals surface area contributed by atoms with E-state index < -0.39 is 0 Å². The summed E-state index contributed by atoms with van der Waals surface area (Å²) in [5.41, 5.74) is 3.20. The Morgan fingerprint density at radius 1 is 1.00 bits per heavy atom. The molecule has 1 aliphatic rings. The molecule has 1 N–H and O–H groups in total. The zero-order valence-electron chi connectivity index (χ0n) is 16.1. The largest absolute Gasteiger partial charge is 0.336 e. The van der Waals surface area contributed by atoms with Gasteiger partial charge >= 0.3 is 0 Å². The molecule has 0 radical (unpaired) electrons. The number of nitrogens with one attached hydrogen (secondary N) is 1. The number of hydrogen-bond acceptors (Lipinski definition) is 4. The van der Waals surface area contributed by atoms with E-state index in [1.54, 1.807) is 12.3 Å². The van der Waals surface area contributed by atoms with Gasteiger partial charge in [0.2, 0.25) is 0 Å². The summed E-state index contributed by atoms with van der Waals surface area (Å²) in [5, 5.41) is 0. The SMILES string of the molecule is CN1CCN(C(=O)c2ccc3c(c2)[nH]c(=O)c2cnc(-c4ccccc4)n23)CC1. The van der Waals surface area contributed by atoms with Crippen LogP contribution >= 0.6 is 0 Å². The summed E-state index contributed by atoms with van der Waals surface area (Å²) in [5.74, 6) is 0.699. The maximum atomic E-state index is 12.9. The highest BCUT2D eigenvalue weighted by Gasteiger charge is 2.21. The number of imidazole rings is 1. The lowest BCUT2D eigenvalue weighted by Gasteiger charge is -2.32. The van der Waals surface area contributed by atoms with Crippen molar-refractivity contribution in [2.24, 2.45) is 0 Å². The fourth-order valence-corrected chi connectivity index (χ4v) is 3.89. The molecule has 7 nitrogen and oxygen atoms in total. The third kappa shape index (κ3) is 3.00. The second-order valence-electron chi connectivity index (χ2n) is 7.45. The number of likely N-dealkylation sites (N-methyl/N-ethyl adjacent to an activating group) is 1. The van der Waals surface area contributed by atoms with Gasteiger partial charge in [-0.2, -0.15) is 0 Å². The maximum Gasteiger partial charge on any atom is 0.274 e. The molecule has 1 fully saturated rings. The third-order valence-corrected chi connectivity index (χ3v) is 5.55. The summed E-state index contributed by atoms with van der Waals surface area (Å²) in [6, 6.07) is 15.2. The second-order valence-corrected chi connectivity index (χ2v) is 7.45. The Hall–Kier alpha value is -3.45. The highest BCUT2D eigenvalue weighted by molar-refractivity contribution is 5.98. The monoisotopic (exact) mass is 387 g/mol. The van der Waals surface area contributed by atoms with Crippen LogP contribution in [0.1, 0.15) is 10.4 Å². The van der Waals surface area contributed by atoms with Crippen LogP contribution in [0.25, 0.3) is 27.9 Å². The molecule has 4 aromatic rings. The average Bonchev–Trinajstić information content (AvgIpc) is 3.20. The molecule has 0 bridgehead atoms. The van der Waals surface area contributed by atoms with E-state index in [4.69, 9.17) is 0 Å². The molecule has 2 aromatic heterocycles. The van der Waals surface area contributed by atoms with Gasteiger partial charge in [-0.25, -0.2) is 4.98 Å². The summed E-state index contributed by atoms with van der Waals surface area (Å²) < 4.78 is 1.85. The first kappa shape index (κ1) is 17.6. The molecule has 0 aliphatic carbocycles. The first-order valence-corrected chi connectivity index (χ1v) is 9.68. The summed E-state index contributed by atoms with van der Waals surface area (Å²) in [4.78, 5) is 37.0. The van der Waals surface area contributed by atoms with Crippen molar-refractivity contribution in [3.8, 4) is 11.4 Å². The van der Waals surface area contributed by atoms with Crippen LogP contribution in [0.3, 0.4) is 0 Å². The van der Waals surface area contributed by atoms with Gasteiger partial charge < -0.3 is 14.8 Å². The number of carbonyl (C=O) groups is 1. The number of piperazine rings is 1. The van der Waals surface area contributed by atoms with Gasteiger partial charge in [0.1, 0.15) is 11.3 Å². The van der Waals surface area contributed by atoms with E-state index in [9.17, 15) is 9.59 Å². The predicted molar refractivity (Wildman–Crippen MR) is 112 cm³/mol. The standard InChI is InChI=1S/C22H21N5O2/c1-25-9-11-26(12-10-25)22(29)16-7-8-18-17(13-16)24-21(28)19-14-23-20(27(18)19)15-5-3-2-4-6-15/h2-8,13-14H,9-12H2,1H3,(H,24,28). The van der Waals surface area contributed by atoms with E-state index >= 15 is 0 Å². The zero-order valence-corrected chi connectivity index (χ0v) is 16.1. The van der Waals surface area contributed by atoms with Gasteiger partial charge in [0.05, 0.1) is 17.2 Å². The number of aromatic amines is 1. The molecule has 1 amide bonds. The van der Waals surface area contributed by atoms with Crippen molar-refractivity contribution in [3.05, 3.63) is 70.6 Å². The molecule has 29 heavy (non-hydrogen) atoms. The molecular formula is C22H21N5O2. The topological polar surface area (TPSA) is 73.7 Å². The molecule has 0 spiro atoms. The van der Waals surface area contributed by atoms with Gasteiger partial charge in [0.15, 0.2) is 0 Å². The summed E-state index contributed by atoms with van der Waals surface area (Å²) in [7, 11) is 2.06. The van der Waals surface area contributed by atoms with Crippen LogP contribution in [-0.4, -0.2) is 63.3 Å². The number of benzene rings is 2. The van der Waals surface area contributed by atoms with Crippen molar-refractivity contribution >= 4 is 22.5 Å². The molecule has 2 aromatic carbocycles. The molecule has 146 valence electrons. The van der Waals surface area contributed by atoms with Gasteiger partial charge in [0, 0.05) is 37.3 Å². The third-order valence-electron chi connectivity index (χ3n) is 5.55. The Bertz CT molecular complexity index is 1270. The molecule has 0 unspecified atom stereocenters. The molecule has 3 heterocycles. The normalized spacial score (nSPS) is 15.3. The van der Waals surface area contributed by atoms with E-state index in [-0.39, 0.29) is 11.5 Å². The molecule has 1 aliphatic heterocycles. The minimum atomic E-state index is -0.226. The van der Waals surface area contributed by atoms with Gasteiger partial charge in [-0.1, -0.05) is 30.3 Å². The molecular weight excluding hydrogens is 366 g/mol. The van der Waals surface area contributed by atoms with E-state index in [1.807, 2.05) is 51.8 Å². The number of rotatable bonds is 2. The van der Waals surface area contributed by atoms with E-state index in [0.29, 0.717) is 35.5 Å². The summed E-state index contributed by atoms with van der Waals surface area (Å²) in [6.07, 6.45) is 1.59. The quantitative estimate of drug-likeness (QED) is 0.572. The average molecular weight is 387 g/mol. The number of aromatic nitrogens is 3. The van der Waals surface area contributed by atoms with Gasteiger partial charge in [-0.3, -0.25) is 14.0 Å². The fraction of sp³-hybridized carbons (Fsp3) is 0.227. The van der Waals surface area contributed by atoms with Crippen molar-refractivity contribution in [3.63, 3.8) is 0 Å². The van der Waals surface area contributed by atoms with Gasteiger partial charge in [-0.15, -0.1) is 0 Å². The van der Waals surface area contributed by atoms with Crippen LogP contribution in [0.15, 0.2) is 59.5 Å². The molecule has 0 saturated carbocycles. The number of carbonyl (C=O) groups excluding carboxylic acids is 1. The highest BCUT2D eigenvalue weighted by atomic mass is 16.2. The number of amides is 1. The number of hydrogen-bond donors (Lipinski definition) is 1. The molecule has 1 saturated heterocycles. The Labute approximate surface area is 167 Å². The van der Waals surface area contributed by atoms with Crippen LogP contribution < -0.4 is 5.56 Å². The zero-order chi connectivity index (χ0) is 20.0. The fourth-order valence-electron chi connectivity index (χ4n) is 3.89. The summed E-state index contributed by atoms with van der Waals surface area (Å²) >= 11 is 0. The van der Waals surface area contributed by atoms with Crippen molar-refractivity contribution in [2.45, 2.75) is 0 Å². The molecule has 5 rings (SSSR count). The van der Waals surface area contributed by atoms with Crippen LogP contribution in [0.5, 0.6) is 0 Å². The van der Waals surface area contributed by atoms with E-state index in [1.165, 1.54) is 0 Å². The number of H-pyrrole nitrogens is 1. The maximum absolute atomic E-state index is 12.9.